The summed E-state index contributed by atoms with van der Waals surface area (Å²) in [5.41, 5.74) is -0.859. The molecule has 14 heteroatoms. The minimum Gasteiger partial charge on any atom is -0.442 e. The summed E-state index contributed by atoms with van der Waals surface area (Å²) in [5, 5.41) is 7.10. The number of oxazole rings is 1. The van der Waals surface area contributed by atoms with Gasteiger partial charge in [0.2, 0.25) is 5.89 Å². The Morgan fingerprint density at radius 2 is 1.86 bits per heavy atom. The van der Waals surface area contributed by atoms with Gasteiger partial charge in [0.25, 0.3) is 11.5 Å². The smallest absolute Gasteiger partial charge is 0.416 e. The van der Waals surface area contributed by atoms with Gasteiger partial charge in [-0.15, -0.1) is 0 Å². The number of nitrogens with one attached hydrogen (secondary N) is 1. The second kappa shape index (κ2) is 11.7. The predicted molar refractivity (Wildman–Crippen MR) is 155 cm³/mol. The SMILES string of the molecule is [C-]#[N+]c1ccc(-n2nccc2-c2c(C(=O)N[C@@H](C)c3ncc(CN(C)C)o3)c(=O)n(-c3cccc(C(F)(F)F)c3)n2C)cc1. The van der Waals surface area contributed by atoms with E-state index in [9.17, 15) is 22.8 Å². The van der Waals surface area contributed by atoms with Crippen molar-refractivity contribution < 1.29 is 22.4 Å². The molecular weight excluding hydrogens is 577 g/mol. The van der Waals surface area contributed by atoms with E-state index >= 15 is 0 Å². The molecular formula is C30H27F3N8O3. The Labute approximate surface area is 249 Å². The summed E-state index contributed by atoms with van der Waals surface area (Å²) in [7, 11) is 5.20. The molecule has 44 heavy (non-hydrogen) atoms. The van der Waals surface area contributed by atoms with Crippen molar-refractivity contribution >= 4 is 11.6 Å². The van der Waals surface area contributed by atoms with E-state index in [0.29, 0.717) is 29.4 Å². The number of alkyl halides is 3. The highest BCUT2D eigenvalue weighted by molar-refractivity contribution is 6.00. The van der Waals surface area contributed by atoms with Gasteiger partial charge < -0.3 is 14.6 Å². The normalized spacial score (nSPS) is 12.3. The molecule has 0 saturated carbocycles. The van der Waals surface area contributed by atoms with Crippen LogP contribution in [0.3, 0.4) is 0 Å². The number of nitrogens with zero attached hydrogens (tertiary/aromatic N) is 7. The lowest BCUT2D eigenvalue weighted by atomic mass is 10.1. The molecule has 0 radical (unpaired) electrons. The maximum atomic E-state index is 14.0. The Hall–Kier alpha value is -5.42. The maximum absolute atomic E-state index is 14.0. The summed E-state index contributed by atoms with van der Waals surface area (Å²) in [4.78, 5) is 37.3. The van der Waals surface area contributed by atoms with E-state index in [1.807, 2.05) is 19.0 Å². The fourth-order valence-electron chi connectivity index (χ4n) is 4.80. The molecule has 11 nitrogen and oxygen atoms in total. The van der Waals surface area contributed by atoms with Gasteiger partial charge in [0.05, 0.1) is 48.1 Å². The number of aromatic nitrogens is 5. The molecule has 2 aromatic carbocycles. The van der Waals surface area contributed by atoms with E-state index in [2.05, 4.69) is 20.2 Å². The van der Waals surface area contributed by atoms with Crippen LogP contribution in [-0.4, -0.2) is 49.0 Å². The number of carbonyl (C=O) groups is 1. The first kappa shape index (κ1) is 30.1. The van der Waals surface area contributed by atoms with Crippen LogP contribution in [0.1, 0.15) is 40.5 Å². The van der Waals surface area contributed by atoms with Gasteiger partial charge in [-0.1, -0.05) is 18.2 Å². The number of carbonyl (C=O) groups excluding carboxylic acids is 1. The lowest BCUT2D eigenvalue weighted by molar-refractivity contribution is -0.137. The van der Waals surface area contributed by atoms with Gasteiger partial charge in [-0.05, 0) is 57.4 Å². The zero-order chi connectivity index (χ0) is 31.8. The third-order valence-electron chi connectivity index (χ3n) is 6.78. The topological polar surface area (TPSA) is 107 Å². The number of benzene rings is 2. The van der Waals surface area contributed by atoms with E-state index in [4.69, 9.17) is 11.0 Å². The molecule has 0 spiro atoms. The zero-order valence-corrected chi connectivity index (χ0v) is 24.1. The lowest BCUT2D eigenvalue weighted by Gasteiger charge is -2.14. The van der Waals surface area contributed by atoms with E-state index in [0.717, 1.165) is 16.8 Å². The Morgan fingerprint density at radius 3 is 2.52 bits per heavy atom. The Balaban J connectivity index is 1.65. The molecule has 0 fully saturated rings. The highest BCUT2D eigenvalue weighted by atomic mass is 19.4. The summed E-state index contributed by atoms with van der Waals surface area (Å²) in [6.07, 6.45) is -1.64. The Kier molecular flexibility index (Phi) is 7.99. The van der Waals surface area contributed by atoms with Crippen molar-refractivity contribution in [2.75, 3.05) is 14.1 Å². The fourth-order valence-corrected chi connectivity index (χ4v) is 4.80. The lowest BCUT2D eigenvalue weighted by Crippen LogP contribution is -2.32. The van der Waals surface area contributed by atoms with Crippen molar-refractivity contribution in [1.82, 2.24) is 34.3 Å². The first-order chi connectivity index (χ1) is 20.9. The molecule has 3 heterocycles. The van der Waals surface area contributed by atoms with Crippen LogP contribution < -0.4 is 10.9 Å². The quantitative estimate of drug-likeness (QED) is 0.246. The highest BCUT2D eigenvalue weighted by Gasteiger charge is 2.33. The monoisotopic (exact) mass is 604 g/mol. The predicted octanol–water partition coefficient (Wildman–Crippen LogP) is 5.14. The van der Waals surface area contributed by atoms with Crippen LogP contribution in [0, 0.1) is 6.57 Å². The van der Waals surface area contributed by atoms with Gasteiger partial charge in [-0.3, -0.25) is 14.3 Å². The molecule has 0 aliphatic carbocycles. The van der Waals surface area contributed by atoms with Crippen LogP contribution >= 0.6 is 0 Å². The van der Waals surface area contributed by atoms with Crippen molar-refractivity contribution in [3.05, 3.63) is 112 Å². The zero-order valence-electron chi connectivity index (χ0n) is 24.1. The Bertz CT molecular complexity index is 1920. The van der Waals surface area contributed by atoms with Crippen LogP contribution in [0.5, 0.6) is 0 Å². The average Bonchev–Trinajstić information content (AvgIpc) is 3.70. The second-order valence-corrected chi connectivity index (χ2v) is 10.3. The standard InChI is InChI=1S/C30H27F3N8O3/c1-18(28-35-16-23(44-28)17-38(3)4)37-27(42)25-26(24-13-14-36-40(24)21-11-9-20(34-2)10-12-21)39(5)41(29(25)43)22-8-6-7-19(15-22)30(31,32)33/h6-16,18H,17H2,1,3-5H3,(H,37,42)/t18-/m0/s1. The molecule has 0 aliphatic heterocycles. The maximum Gasteiger partial charge on any atom is 0.416 e. The van der Waals surface area contributed by atoms with Crippen molar-refractivity contribution in [3.8, 4) is 22.8 Å². The molecule has 3 aromatic heterocycles. The molecule has 0 aliphatic rings. The number of rotatable bonds is 8. The van der Waals surface area contributed by atoms with E-state index < -0.39 is 29.2 Å². The molecule has 1 amide bonds. The van der Waals surface area contributed by atoms with Gasteiger partial charge >= 0.3 is 6.18 Å². The first-order valence-electron chi connectivity index (χ1n) is 13.3. The van der Waals surface area contributed by atoms with E-state index in [-0.39, 0.29) is 22.8 Å². The minimum atomic E-state index is -4.65. The highest BCUT2D eigenvalue weighted by Crippen LogP contribution is 2.32. The Morgan fingerprint density at radius 1 is 1.14 bits per heavy atom. The van der Waals surface area contributed by atoms with Crippen LogP contribution in [-0.2, 0) is 19.8 Å². The molecule has 1 atom stereocenters. The molecule has 0 unspecified atom stereocenters. The molecule has 0 saturated heterocycles. The first-order valence-corrected chi connectivity index (χ1v) is 13.3. The number of hydrogen-bond acceptors (Lipinski definition) is 6. The van der Waals surface area contributed by atoms with Gasteiger partial charge in [0.1, 0.15) is 23.1 Å². The van der Waals surface area contributed by atoms with Crippen molar-refractivity contribution in [2.24, 2.45) is 7.05 Å². The largest absolute Gasteiger partial charge is 0.442 e. The van der Waals surface area contributed by atoms with Crippen LogP contribution in [0.25, 0.3) is 27.6 Å². The number of halogens is 3. The number of hydrogen-bond donors (Lipinski definition) is 1. The fraction of sp³-hybridized carbons (Fsp3) is 0.233. The van der Waals surface area contributed by atoms with Gasteiger partial charge in [-0.2, -0.15) is 18.3 Å². The van der Waals surface area contributed by atoms with Crippen molar-refractivity contribution in [2.45, 2.75) is 25.7 Å². The molecule has 0 bridgehead atoms. The van der Waals surface area contributed by atoms with Crippen molar-refractivity contribution in [3.63, 3.8) is 0 Å². The third-order valence-corrected chi connectivity index (χ3v) is 6.78. The van der Waals surface area contributed by atoms with Crippen LogP contribution in [0.15, 0.2) is 76.2 Å². The van der Waals surface area contributed by atoms with Crippen molar-refractivity contribution in [1.29, 1.82) is 0 Å². The van der Waals surface area contributed by atoms with Gasteiger partial charge in [-0.25, -0.2) is 19.2 Å². The van der Waals surface area contributed by atoms with Gasteiger partial charge in [0.15, 0.2) is 5.69 Å². The van der Waals surface area contributed by atoms with E-state index in [1.54, 1.807) is 43.5 Å². The summed E-state index contributed by atoms with van der Waals surface area (Å²) in [5.74, 6) is 0.00431. The summed E-state index contributed by atoms with van der Waals surface area (Å²) >= 11 is 0. The van der Waals surface area contributed by atoms with Crippen LogP contribution in [0.4, 0.5) is 18.9 Å². The third kappa shape index (κ3) is 5.77. The molecule has 1 N–H and O–H groups in total. The summed E-state index contributed by atoms with van der Waals surface area (Å²) < 4.78 is 50.3. The summed E-state index contributed by atoms with van der Waals surface area (Å²) in [6.45, 7) is 9.34. The molecule has 5 aromatic rings. The van der Waals surface area contributed by atoms with Crippen LogP contribution in [0.2, 0.25) is 0 Å². The summed E-state index contributed by atoms with van der Waals surface area (Å²) in [6, 6.07) is 11.6. The second-order valence-electron chi connectivity index (χ2n) is 10.3. The average molecular weight is 605 g/mol. The van der Waals surface area contributed by atoms with E-state index in [1.165, 1.54) is 34.7 Å². The molecule has 5 rings (SSSR count). The minimum absolute atomic E-state index is 0.0887. The van der Waals surface area contributed by atoms with Gasteiger partial charge in [0, 0.05) is 7.05 Å². The molecule has 226 valence electrons. The number of amides is 1.